The standard InChI is InChI=1S/C24H27N3O5S/c1-4-32-23(30)17-7-9-18(10-8-17)26-24-27(21(28)15-20(33-24)22(29)25-2)14-13-16-5-11-19(31-3)12-6-16/h5-12,20H,4,13-15H2,1-3H3,(H,25,29)/t20-/m0/s1. The number of nitrogens with zero attached hydrogens (tertiary/aromatic N) is 2. The molecule has 174 valence electrons. The molecule has 9 heteroatoms. The van der Waals surface area contributed by atoms with Gasteiger partial charge in [0, 0.05) is 20.0 Å². The van der Waals surface area contributed by atoms with Crippen molar-refractivity contribution in [3.05, 3.63) is 59.7 Å². The van der Waals surface area contributed by atoms with Crippen LogP contribution in [0, 0.1) is 0 Å². The zero-order chi connectivity index (χ0) is 23.8. The molecule has 0 saturated carbocycles. The van der Waals surface area contributed by atoms with Gasteiger partial charge < -0.3 is 14.8 Å². The highest BCUT2D eigenvalue weighted by atomic mass is 32.2. The maximum absolute atomic E-state index is 12.9. The van der Waals surface area contributed by atoms with Gasteiger partial charge in [-0.1, -0.05) is 23.9 Å². The number of benzene rings is 2. The van der Waals surface area contributed by atoms with E-state index in [1.807, 2.05) is 24.3 Å². The summed E-state index contributed by atoms with van der Waals surface area (Å²) in [4.78, 5) is 43.3. The Hall–Kier alpha value is -3.33. The molecule has 33 heavy (non-hydrogen) atoms. The SMILES string of the molecule is CCOC(=O)c1ccc(N=C2S[C@H](C(=O)NC)CC(=O)N2CCc2ccc(OC)cc2)cc1. The van der Waals surface area contributed by atoms with Crippen LogP contribution in [0.3, 0.4) is 0 Å². The topological polar surface area (TPSA) is 97.3 Å². The first-order chi connectivity index (χ1) is 15.9. The van der Waals surface area contributed by atoms with Crippen LogP contribution in [0.25, 0.3) is 0 Å². The summed E-state index contributed by atoms with van der Waals surface area (Å²) < 4.78 is 10.2. The zero-order valence-electron chi connectivity index (χ0n) is 18.9. The first-order valence-electron chi connectivity index (χ1n) is 10.6. The van der Waals surface area contributed by atoms with Crippen molar-refractivity contribution >= 4 is 40.4 Å². The molecule has 0 bridgehead atoms. The molecule has 2 amide bonds. The lowest BCUT2D eigenvalue weighted by atomic mass is 10.1. The number of hydrogen-bond acceptors (Lipinski definition) is 7. The maximum Gasteiger partial charge on any atom is 0.338 e. The van der Waals surface area contributed by atoms with Crippen molar-refractivity contribution in [2.45, 2.75) is 25.0 Å². The first kappa shape index (κ1) is 24.3. The third kappa shape index (κ3) is 6.35. The second kappa shape index (κ2) is 11.5. The van der Waals surface area contributed by atoms with Gasteiger partial charge in [0.2, 0.25) is 11.8 Å². The summed E-state index contributed by atoms with van der Waals surface area (Å²) in [6.45, 7) is 2.48. The minimum atomic E-state index is -0.544. The van der Waals surface area contributed by atoms with Crippen LogP contribution in [-0.4, -0.2) is 60.4 Å². The van der Waals surface area contributed by atoms with E-state index in [-0.39, 0.29) is 18.2 Å². The van der Waals surface area contributed by atoms with Crippen LogP contribution in [0.15, 0.2) is 53.5 Å². The molecular formula is C24H27N3O5S. The highest BCUT2D eigenvalue weighted by Gasteiger charge is 2.35. The van der Waals surface area contributed by atoms with E-state index in [4.69, 9.17) is 9.47 Å². The monoisotopic (exact) mass is 469 g/mol. The maximum atomic E-state index is 12.9. The second-order valence-corrected chi connectivity index (χ2v) is 8.40. The van der Waals surface area contributed by atoms with E-state index in [0.717, 1.165) is 11.3 Å². The summed E-state index contributed by atoms with van der Waals surface area (Å²) in [6.07, 6.45) is 0.732. The van der Waals surface area contributed by atoms with Gasteiger partial charge in [0.05, 0.1) is 30.2 Å². The zero-order valence-corrected chi connectivity index (χ0v) is 19.7. The van der Waals surface area contributed by atoms with Crippen molar-refractivity contribution in [1.82, 2.24) is 10.2 Å². The number of aliphatic imine (C=N–C) groups is 1. The molecule has 1 saturated heterocycles. The van der Waals surface area contributed by atoms with E-state index in [9.17, 15) is 14.4 Å². The molecule has 2 aromatic carbocycles. The Morgan fingerprint density at radius 1 is 1.15 bits per heavy atom. The lowest BCUT2D eigenvalue weighted by Crippen LogP contribution is -2.46. The minimum absolute atomic E-state index is 0.105. The molecular weight excluding hydrogens is 442 g/mol. The van der Waals surface area contributed by atoms with Crippen molar-refractivity contribution in [1.29, 1.82) is 0 Å². The molecule has 0 unspecified atom stereocenters. The van der Waals surface area contributed by atoms with Gasteiger partial charge in [0.25, 0.3) is 0 Å². The fourth-order valence-electron chi connectivity index (χ4n) is 3.25. The molecule has 0 radical (unpaired) electrons. The summed E-state index contributed by atoms with van der Waals surface area (Å²) in [7, 11) is 3.16. The predicted molar refractivity (Wildman–Crippen MR) is 128 cm³/mol. The summed E-state index contributed by atoms with van der Waals surface area (Å²) in [5.41, 5.74) is 2.05. The number of rotatable bonds is 8. The lowest BCUT2D eigenvalue weighted by Gasteiger charge is -2.31. The number of ether oxygens (including phenoxy) is 2. The van der Waals surface area contributed by atoms with Crippen molar-refractivity contribution < 1.29 is 23.9 Å². The van der Waals surface area contributed by atoms with Crippen LogP contribution in [0.5, 0.6) is 5.75 Å². The Labute approximate surface area is 197 Å². The molecule has 1 atom stereocenters. The third-order valence-corrected chi connectivity index (χ3v) is 6.25. The quantitative estimate of drug-likeness (QED) is 0.597. The van der Waals surface area contributed by atoms with Gasteiger partial charge in [-0.15, -0.1) is 0 Å². The molecule has 1 aliphatic rings. The lowest BCUT2D eigenvalue weighted by molar-refractivity contribution is -0.130. The second-order valence-electron chi connectivity index (χ2n) is 7.23. The molecule has 1 N–H and O–H groups in total. The van der Waals surface area contributed by atoms with Gasteiger partial charge in [-0.2, -0.15) is 0 Å². The molecule has 3 rings (SSSR count). The van der Waals surface area contributed by atoms with Gasteiger partial charge in [-0.25, -0.2) is 9.79 Å². The number of carbonyl (C=O) groups is 3. The van der Waals surface area contributed by atoms with Gasteiger partial charge in [0.15, 0.2) is 5.17 Å². The fourth-order valence-corrected chi connectivity index (χ4v) is 4.44. The number of methoxy groups -OCH3 is 1. The molecule has 0 aliphatic carbocycles. The summed E-state index contributed by atoms with van der Waals surface area (Å²) in [5.74, 6) is -0.00344. The van der Waals surface area contributed by atoms with E-state index >= 15 is 0 Å². The molecule has 1 fully saturated rings. The average Bonchev–Trinajstić information content (AvgIpc) is 2.83. The van der Waals surface area contributed by atoms with E-state index in [1.165, 1.54) is 11.8 Å². The van der Waals surface area contributed by atoms with Crippen molar-refractivity contribution in [3.63, 3.8) is 0 Å². The Kier molecular flexibility index (Phi) is 8.48. The number of nitrogens with one attached hydrogen (secondary N) is 1. The Morgan fingerprint density at radius 2 is 1.85 bits per heavy atom. The van der Waals surface area contributed by atoms with Gasteiger partial charge >= 0.3 is 5.97 Å². The molecule has 0 aromatic heterocycles. The van der Waals surface area contributed by atoms with Crippen LogP contribution >= 0.6 is 11.8 Å². The van der Waals surface area contributed by atoms with Crippen LogP contribution in [0.2, 0.25) is 0 Å². The summed E-state index contributed by atoms with van der Waals surface area (Å²) in [5, 5.41) is 2.52. The van der Waals surface area contributed by atoms with Gasteiger partial charge in [-0.05, 0) is 55.3 Å². The number of amides is 2. The smallest absolute Gasteiger partial charge is 0.338 e. The Balaban J connectivity index is 1.82. The van der Waals surface area contributed by atoms with Crippen LogP contribution in [0.1, 0.15) is 29.3 Å². The van der Waals surface area contributed by atoms with Crippen molar-refractivity contribution in [3.8, 4) is 5.75 Å². The summed E-state index contributed by atoms with van der Waals surface area (Å²) in [6, 6.07) is 14.3. The van der Waals surface area contributed by atoms with E-state index in [2.05, 4.69) is 10.3 Å². The average molecular weight is 470 g/mol. The minimum Gasteiger partial charge on any atom is -0.497 e. The summed E-state index contributed by atoms with van der Waals surface area (Å²) >= 11 is 1.26. The normalized spacial score (nSPS) is 17.1. The largest absolute Gasteiger partial charge is 0.497 e. The van der Waals surface area contributed by atoms with E-state index in [0.29, 0.717) is 36.0 Å². The van der Waals surface area contributed by atoms with E-state index in [1.54, 1.807) is 50.2 Å². The van der Waals surface area contributed by atoms with Crippen LogP contribution < -0.4 is 10.1 Å². The Morgan fingerprint density at radius 3 is 2.45 bits per heavy atom. The van der Waals surface area contributed by atoms with E-state index < -0.39 is 11.2 Å². The fraction of sp³-hybridized carbons (Fsp3) is 0.333. The number of thioether (sulfide) groups is 1. The molecule has 1 aliphatic heterocycles. The number of amidine groups is 1. The molecule has 8 nitrogen and oxygen atoms in total. The number of hydrogen-bond donors (Lipinski definition) is 1. The molecule has 1 heterocycles. The molecule has 2 aromatic rings. The van der Waals surface area contributed by atoms with Crippen molar-refractivity contribution in [2.75, 3.05) is 27.3 Å². The first-order valence-corrected chi connectivity index (χ1v) is 11.5. The van der Waals surface area contributed by atoms with Crippen LogP contribution in [-0.2, 0) is 20.7 Å². The van der Waals surface area contributed by atoms with Crippen LogP contribution in [0.4, 0.5) is 5.69 Å². The highest BCUT2D eigenvalue weighted by Crippen LogP contribution is 2.29. The third-order valence-electron chi connectivity index (χ3n) is 5.06. The number of esters is 1. The van der Waals surface area contributed by atoms with Gasteiger partial charge in [0.1, 0.15) is 5.75 Å². The Bertz CT molecular complexity index is 1020. The highest BCUT2D eigenvalue weighted by molar-refractivity contribution is 8.15. The van der Waals surface area contributed by atoms with Gasteiger partial charge in [-0.3, -0.25) is 14.5 Å². The number of carbonyl (C=O) groups excluding carboxylic acids is 3. The molecule has 0 spiro atoms. The van der Waals surface area contributed by atoms with Crippen molar-refractivity contribution in [2.24, 2.45) is 4.99 Å². The predicted octanol–water partition coefficient (Wildman–Crippen LogP) is 3.18.